The van der Waals surface area contributed by atoms with E-state index in [0.717, 1.165) is 0 Å². The zero-order chi connectivity index (χ0) is 11.4. The molecule has 0 radical (unpaired) electrons. The molecule has 0 saturated carbocycles. The summed E-state index contributed by atoms with van der Waals surface area (Å²) in [5.41, 5.74) is 0. The molecule has 0 fully saturated rings. The van der Waals surface area contributed by atoms with Crippen molar-refractivity contribution in [1.29, 1.82) is 0 Å². The fourth-order valence-corrected chi connectivity index (χ4v) is 0.693. The monoisotopic (exact) mass is 206 g/mol. The number of ether oxygens (including phenoxy) is 1. The quantitative estimate of drug-likeness (QED) is 0.441. The second-order valence-electron chi connectivity index (χ2n) is 3.94. The first-order chi connectivity index (χ1) is 6.24. The molecule has 0 bridgehead atoms. The maximum atomic E-state index is 10.4. The molecule has 14 heavy (non-hydrogen) atoms. The van der Waals surface area contributed by atoms with Crippen LogP contribution in [0.4, 0.5) is 0 Å². The zero-order valence-corrected chi connectivity index (χ0v) is 8.56. The maximum absolute atomic E-state index is 10.4. The lowest BCUT2D eigenvalue weighted by molar-refractivity contribution is -0.870. The molecule has 0 aliphatic carbocycles. The van der Waals surface area contributed by atoms with E-state index in [0.29, 0.717) is 11.0 Å². The van der Waals surface area contributed by atoms with Crippen molar-refractivity contribution in [1.82, 2.24) is 0 Å². The predicted molar refractivity (Wildman–Crippen MR) is 47.9 cm³/mol. The third-order valence-corrected chi connectivity index (χ3v) is 1.50. The standard InChI is InChI=1S/C8H15NO5/c1-9(2,3)4-5-14-6(7(10)11)8(12)13/h6H,4-5H2,1-3H3,(H-,10,11,12,13)/p+1. The minimum absolute atomic E-state index is 0.104. The lowest BCUT2D eigenvalue weighted by Gasteiger charge is -2.23. The average molecular weight is 206 g/mol. The van der Waals surface area contributed by atoms with Crippen LogP contribution in [0, 0.1) is 0 Å². The first-order valence-corrected chi connectivity index (χ1v) is 4.12. The van der Waals surface area contributed by atoms with Gasteiger partial charge in [0.1, 0.15) is 6.54 Å². The number of carbonyl (C=O) groups is 2. The summed E-state index contributed by atoms with van der Waals surface area (Å²) in [6.45, 7) is 0.657. The smallest absolute Gasteiger partial charge is 0.344 e. The summed E-state index contributed by atoms with van der Waals surface area (Å²) >= 11 is 0. The molecule has 0 rings (SSSR count). The molecule has 0 unspecified atom stereocenters. The largest absolute Gasteiger partial charge is 0.479 e. The van der Waals surface area contributed by atoms with E-state index < -0.39 is 18.0 Å². The predicted octanol–water partition coefficient (Wildman–Crippen LogP) is -0.753. The van der Waals surface area contributed by atoms with Gasteiger partial charge in [-0.15, -0.1) is 0 Å². The van der Waals surface area contributed by atoms with E-state index >= 15 is 0 Å². The number of quaternary nitrogens is 1. The Balaban J connectivity index is 3.97. The van der Waals surface area contributed by atoms with Crippen LogP contribution in [-0.4, -0.2) is 67.0 Å². The van der Waals surface area contributed by atoms with Crippen molar-refractivity contribution in [2.45, 2.75) is 6.10 Å². The molecular formula is C8H16NO5+. The van der Waals surface area contributed by atoms with Crippen molar-refractivity contribution >= 4 is 11.9 Å². The summed E-state index contributed by atoms with van der Waals surface area (Å²) in [5.74, 6) is -2.95. The van der Waals surface area contributed by atoms with E-state index in [2.05, 4.69) is 0 Å². The van der Waals surface area contributed by atoms with Crippen molar-refractivity contribution in [2.24, 2.45) is 0 Å². The van der Waals surface area contributed by atoms with Crippen LogP contribution in [0.15, 0.2) is 0 Å². The second kappa shape index (κ2) is 4.92. The molecule has 0 saturated heterocycles. The molecule has 0 heterocycles. The number of aliphatic carboxylic acids is 2. The van der Waals surface area contributed by atoms with Crippen molar-refractivity contribution < 1.29 is 29.0 Å². The third-order valence-electron chi connectivity index (χ3n) is 1.50. The summed E-state index contributed by atoms with van der Waals surface area (Å²) < 4.78 is 5.32. The zero-order valence-electron chi connectivity index (χ0n) is 8.56. The Morgan fingerprint density at radius 1 is 1.21 bits per heavy atom. The molecule has 2 N–H and O–H groups in total. The number of carboxylic acids is 2. The summed E-state index contributed by atoms with van der Waals surface area (Å²) in [6, 6.07) is 0. The minimum atomic E-state index is -1.76. The average Bonchev–Trinajstić information content (AvgIpc) is 1.94. The Morgan fingerprint density at radius 2 is 1.64 bits per heavy atom. The Labute approximate surface area is 82.3 Å². The Hall–Kier alpha value is -1.14. The number of rotatable bonds is 6. The number of likely N-dealkylation sites (N-methyl/N-ethyl adjacent to an activating group) is 1. The van der Waals surface area contributed by atoms with Gasteiger partial charge in [-0.05, 0) is 0 Å². The summed E-state index contributed by atoms with van der Waals surface area (Å²) in [6.07, 6.45) is -1.76. The van der Waals surface area contributed by atoms with Gasteiger partial charge in [-0.25, -0.2) is 9.59 Å². The van der Waals surface area contributed by atoms with Crippen LogP contribution in [0.3, 0.4) is 0 Å². The van der Waals surface area contributed by atoms with Gasteiger partial charge in [0.05, 0.1) is 27.7 Å². The van der Waals surface area contributed by atoms with Crippen LogP contribution in [0.5, 0.6) is 0 Å². The Bertz CT molecular complexity index is 206. The van der Waals surface area contributed by atoms with Gasteiger partial charge >= 0.3 is 11.9 Å². The molecule has 0 spiro atoms. The highest BCUT2D eigenvalue weighted by Gasteiger charge is 2.27. The van der Waals surface area contributed by atoms with Gasteiger partial charge in [-0.3, -0.25) is 0 Å². The molecule has 6 nitrogen and oxygen atoms in total. The fraction of sp³-hybridized carbons (Fsp3) is 0.750. The van der Waals surface area contributed by atoms with E-state index in [4.69, 9.17) is 14.9 Å². The van der Waals surface area contributed by atoms with Gasteiger partial charge in [0.15, 0.2) is 0 Å². The number of hydrogen-bond donors (Lipinski definition) is 2. The van der Waals surface area contributed by atoms with Crippen LogP contribution >= 0.6 is 0 Å². The molecule has 0 amide bonds. The lowest BCUT2D eigenvalue weighted by Crippen LogP contribution is -2.40. The van der Waals surface area contributed by atoms with Crippen molar-refractivity contribution in [3.63, 3.8) is 0 Å². The van der Waals surface area contributed by atoms with Crippen molar-refractivity contribution in [2.75, 3.05) is 34.3 Å². The van der Waals surface area contributed by atoms with E-state index in [9.17, 15) is 9.59 Å². The molecule has 0 aromatic carbocycles. The maximum Gasteiger partial charge on any atom is 0.344 e. The van der Waals surface area contributed by atoms with Crippen LogP contribution in [-0.2, 0) is 14.3 Å². The number of hydrogen-bond acceptors (Lipinski definition) is 3. The normalized spacial score (nSPS) is 11.7. The van der Waals surface area contributed by atoms with E-state index in [1.54, 1.807) is 0 Å². The van der Waals surface area contributed by atoms with Gasteiger partial charge in [0, 0.05) is 0 Å². The minimum Gasteiger partial charge on any atom is -0.479 e. The Kier molecular flexibility index (Phi) is 4.52. The first-order valence-electron chi connectivity index (χ1n) is 4.12. The topological polar surface area (TPSA) is 83.8 Å². The van der Waals surface area contributed by atoms with Crippen LogP contribution in [0.1, 0.15) is 0 Å². The first kappa shape index (κ1) is 12.9. The highest BCUT2D eigenvalue weighted by Crippen LogP contribution is 1.96. The van der Waals surface area contributed by atoms with Gasteiger partial charge in [0.2, 0.25) is 0 Å². The molecule has 0 aromatic rings. The number of carboxylic acid groups (broad SMARTS) is 2. The summed E-state index contributed by atoms with van der Waals surface area (Å²) in [5, 5.41) is 16.9. The van der Waals surface area contributed by atoms with E-state index in [-0.39, 0.29) is 6.61 Å². The summed E-state index contributed by atoms with van der Waals surface area (Å²) in [7, 11) is 5.71. The molecule has 6 heteroatoms. The van der Waals surface area contributed by atoms with Crippen LogP contribution < -0.4 is 0 Å². The molecule has 0 atom stereocenters. The molecule has 82 valence electrons. The van der Waals surface area contributed by atoms with Crippen molar-refractivity contribution in [3.05, 3.63) is 0 Å². The van der Waals surface area contributed by atoms with E-state index in [1.165, 1.54) is 0 Å². The second-order valence-corrected chi connectivity index (χ2v) is 3.94. The lowest BCUT2D eigenvalue weighted by atomic mass is 10.3. The third kappa shape index (κ3) is 5.50. The van der Waals surface area contributed by atoms with Gasteiger partial charge in [-0.1, -0.05) is 0 Å². The SMILES string of the molecule is C[N+](C)(C)CCOC(C(=O)O)C(=O)O. The van der Waals surface area contributed by atoms with Crippen LogP contribution in [0.25, 0.3) is 0 Å². The van der Waals surface area contributed by atoms with Crippen LogP contribution in [0.2, 0.25) is 0 Å². The van der Waals surface area contributed by atoms with Gasteiger partial charge < -0.3 is 19.4 Å². The highest BCUT2D eigenvalue weighted by molar-refractivity contribution is 5.95. The van der Waals surface area contributed by atoms with Gasteiger partial charge in [-0.2, -0.15) is 0 Å². The molecule has 0 aromatic heterocycles. The van der Waals surface area contributed by atoms with Crippen molar-refractivity contribution in [3.8, 4) is 0 Å². The molecule has 0 aliphatic rings. The number of nitrogens with zero attached hydrogens (tertiary/aromatic N) is 1. The summed E-state index contributed by atoms with van der Waals surface area (Å²) in [4.78, 5) is 20.8. The highest BCUT2D eigenvalue weighted by atomic mass is 16.5. The molecular weight excluding hydrogens is 190 g/mol. The van der Waals surface area contributed by atoms with Gasteiger partial charge in [0.25, 0.3) is 6.10 Å². The fourth-order valence-electron chi connectivity index (χ4n) is 0.693. The molecule has 0 aliphatic heterocycles. The Morgan fingerprint density at radius 3 is 1.93 bits per heavy atom. The van der Waals surface area contributed by atoms with E-state index in [1.807, 2.05) is 21.1 Å².